The van der Waals surface area contributed by atoms with Crippen molar-refractivity contribution in [2.24, 2.45) is 11.8 Å². The van der Waals surface area contributed by atoms with Crippen molar-refractivity contribution in [3.05, 3.63) is 29.8 Å². The molecule has 0 bridgehead atoms. The fraction of sp³-hybridized carbons (Fsp3) is 0.625. The Morgan fingerprint density at radius 1 is 0.917 bits per heavy atom. The largest absolute Gasteiger partial charge is 0.240 e. The van der Waals surface area contributed by atoms with Gasteiger partial charge in [-0.3, -0.25) is 0 Å². The fourth-order valence-electron chi connectivity index (χ4n) is 2.00. The van der Waals surface area contributed by atoms with Gasteiger partial charge in [0.25, 0.3) is 0 Å². The second-order valence-corrected chi connectivity index (χ2v) is 10.3. The minimum atomic E-state index is -3.46. The quantitative estimate of drug-likeness (QED) is 0.650. The molecule has 6 nitrogen and oxygen atoms in total. The van der Waals surface area contributed by atoms with E-state index >= 15 is 0 Å². The molecule has 2 N–H and O–H groups in total. The van der Waals surface area contributed by atoms with Crippen LogP contribution in [-0.4, -0.2) is 36.2 Å². The topological polar surface area (TPSA) is 92.3 Å². The summed E-state index contributed by atoms with van der Waals surface area (Å²) in [6.45, 7) is 6.70. The first-order chi connectivity index (χ1) is 11.0. The number of rotatable bonds is 10. The molecule has 0 amide bonds. The molecule has 0 radical (unpaired) electrons. The molecule has 1 aromatic carbocycles. The number of hydrogen-bond donors (Lipinski definition) is 2. The molecule has 138 valence electrons. The highest BCUT2D eigenvalue weighted by Crippen LogP contribution is 2.14. The predicted molar refractivity (Wildman–Crippen MR) is 96.8 cm³/mol. The smallest absolute Gasteiger partial charge is 0.215 e. The second-order valence-electron chi connectivity index (χ2n) is 6.65. The third-order valence-electron chi connectivity index (χ3n) is 3.54. The molecule has 0 saturated carbocycles. The maximum absolute atomic E-state index is 12.1. The predicted octanol–water partition coefficient (Wildman–Crippen LogP) is 1.74. The van der Waals surface area contributed by atoms with Gasteiger partial charge in [-0.25, -0.2) is 26.3 Å². The minimum Gasteiger partial charge on any atom is -0.215 e. The van der Waals surface area contributed by atoms with E-state index in [2.05, 4.69) is 9.44 Å². The van der Waals surface area contributed by atoms with Crippen LogP contribution in [0.4, 0.5) is 0 Å². The summed E-state index contributed by atoms with van der Waals surface area (Å²) in [7, 11) is -6.61. The lowest BCUT2D eigenvalue weighted by molar-refractivity contribution is 0.512. The first-order valence-corrected chi connectivity index (χ1v) is 11.4. The van der Waals surface area contributed by atoms with Crippen molar-refractivity contribution in [3.63, 3.8) is 0 Å². The van der Waals surface area contributed by atoms with Gasteiger partial charge >= 0.3 is 0 Å². The molecule has 0 aliphatic heterocycles. The summed E-state index contributed by atoms with van der Waals surface area (Å²) in [5, 5.41) is 0. The highest BCUT2D eigenvalue weighted by atomic mass is 32.2. The number of sulfonamides is 2. The molecular formula is C16H28N2O4S2. The number of benzene rings is 1. The third kappa shape index (κ3) is 8.23. The van der Waals surface area contributed by atoms with Crippen LogP contribution in [0.3, 0.4) is 0 Å². The minimum absolute atomic E-state index is 0.204. The van der Waals surface area contributed by atoms with Gasteiger partial charge in [-0.05, 0) is 42.4 Å². The van der Waals surface area contributed by atoms with Gasteiger partial charge in [0.2, 0.25) is 20.0 Å². The molecule has 1 aromatic rings. The molecular weight excluding hydrogens is 348 g/mol. The molecule has 1 unspecified atom stereocenters. The Morgan fingerprint density at radius 2 is 1.50 bits per heavy atom. The lowest BCUT2D eigenvalue weighted by atomic mass is 10.0. The van der Waals surface area contributed by atoms with Gasteiger partial charge in [0, 0.05) is 13.1 Å². The summed E-state index contributed by atoms with van der Waals surface area (Å²) in [5.74, 6) is 0.455. The zero-order chi connectivity index (χ0) is 18.4. The summed E-state index contributed by atoms with van der Waals surface area (Å²) in [6.07, 6.45) is 2.73. The van der Waals surface area contributed by atoms with Crippen LogP contribution in [-0.2, 0) is 26.5 Å². The SMILES string of the molecule is CC(C)CNS(=O)(=O)c1ccc(CCC(C)CNS(C)(=O)=O)cc1. The van der Waals surface area contributed by atoms with Gasteiger partial charge in [-0.1, -0.05) is 32.9 Å². The Bertz CT molecular complexity index is 711. The van der Waals surface area contributed by atoms with E-state index in [1.54, 1.807) is 24.3 Å². The van der Waals surface area contributed by atoms with Crippen LogP contribution in [0.1, 0.15) is 32.8 Å². The molecule has 0 aliphatic rings. The average molecular weight is 377 g/mol. The Kier molecular flexibility index (Phi) is 7.85. The number of hydrogen-bond acceptors (Lipinski definition) is 4. The zero-order valence-electron chi connectivity index (χ0n) is 14.7. The van der Waals surface area contributed by atoms with Gasteiger partial charge in [0.1, 0.15) is 0 Å². The van der Waals surface area contributed by atoms with Crippen LogP contribution in [0.15, 0.2) is 29.2 Å². The van der Waals surface area contributed by atoms with Crippen LogP contribution in [0.5, 0.6) is 0 Å². The Labute approximate surface area is 146 Å². The Balaban J connectivity index is 2.56. The summed E-state index contributed by atoms with van der Waals surface area (Å²) < 4.78 is 51.4. The summed E-state index contributed by atoms with van der Waals surface area (Å²) in [5.41, 5.74) is 1.03. The summed E-state index contributed by atoms with van der Waals surface area (Å²) in [6, 6.07) is 6.83. The number of nitrogens with one attached hydrogen (secondary N) is 2. The van der Waals surface area contributed by atoms with E-state index in [-0.39, 0.29) is 16.7 Å². The van der Waals surface area contributed by atoms with E-state index < -0.39 is 20.0 Å². The Hall–Kier alpha value is -0.960. The van der Waals surface area contributed by atoms with Crippen LogP contribution in [0, 0.1) is 11.8 Å². The van der Waals surface area contributed by atoms with Crippen molar-refractivity contribution in [1.82, 2.24) is 9.44 Å². The third-order valence-corrected chi connectivity index (χ3v) is 5.67. The molecule has 0 heterocycles. The first kappa shape index (κ1) is 21.1. The fourth-order valence-corrected chi connectivity index (χ4v) is 3.80. The first-order valence-electron chi connectivity index (χ1n) is 8.03. The molecule has 0 fully saturated rings. The zero-order valence-corrected chi connectivity index (χ0v) is 16.4. The molecule has 0 aliphatic carbocycles. The highest BCUT2D eigenvalue weighted by Gasteiger charge is 2.14. The molecule has 1 rings (SSSR count). The highest BCUT2D eigenvalue weighted by molar-refractivity contribution is 7.89. The maximum atomic E-state index is 12.1. The summed E-state index contributed by atoms with van der Waals surface area (Å²) in [4.78, 5) is 0.263. The van der Waals surface area contributed by atoms with Crippen molar-refractivity contribution >= 4 is 20.0 Å². The van der Waals surface area contributed by atoms with Gasteiger partial charge in [-0.15, -0.1) is 0 Å². The van der Waals surface area contributed by atoms with Crippen molar-refractivity contribution in [2.45, 2.75) is 38.5 Å². The van der Waals surface area contributed by atoms with E-state index in [9.17, 15) is 16.8 Å². The van der Waals surface area contributed by atoms with Gasteiger partial charge < -0.3 is 0 Å². The van der Waals surface area contributed by atoms with Gasteiger partial charge in [-0.2, -0.15) is 0 Å². The van der Waals surface area contributed by atoms with Crippen LogP contribution in [0.2, 0.25) is 0 Å². The van der Waals surface area contributed by atoms with Crippen molar-refractivity contribution in [3.8, 4) is 0 Å². The Morgan fingerprint density at radius 3 is 2.00 bits per heavy atom. The van der Waals surface area contributed by atoms with E-state index in [4.69, 9.17) is 0 Å². The molecule has 0 saturated heterocycles. The van der Waals surface area contributed by atoms with E-state index in [0.717, 1.165) is 24.7 Å². The molecule has 0 spiro atoms. The van der Waals surface area contributed by atoms with Crippen LogP contribution >= 0.6 is 0 Å². The van der Waals surface area contributed by atoms with E-state index in [0.29, 0.717) is 13.1 Å². The van der Waals surface area contributed by atoms with Gasteiger partial charge in [0.15, 0.2) is 0 Å². The van der Waals surface area contributed by atoms with Crippen molar-refractivity contribution in [1.29, 1.82) is 0 Å². The lowest BCUT2D eigenvalue weighted by Crippen LogP contribution is -2.27. The van der Waals surface area contributed by atoms with Crippen molar-refractivity contribution < 1.29 is 16.8 Å². The molecule has 24 heavy (non-hydrogen) atoms. The van der Waals surface area contributed by atoms with Crippen LogP contribution < -0.4 is 9.44 Å². The number of aryl methyl sites for hydroxylation is 1. The lowest BCUT2D eigenvalue weighted by Gasteiger charge is -2.12. The average Bonchev–Trinajstić information content (AvgIpc) is 2.49. The van der Waals surface area contributed by atoms with Crippen LogP contribution in [0.25, 0.3) is 0 Å². The van der Waals surface area contributed by atoms with Crippen molar-refractivity contribution in [2.75, 3.05) is 19.3 Å². The normalized spacial score (nSPS) is 14.0. The standard InChI is InChI=1S/C16H28N2O4S2/c1-13(2)11-18-24(21,22)16-9-7-15(8-10-16)6-5-14(3)12-17-23(4,19)20/h7-10,13-14,17-18H,5-6,11-12H2,1-4H3. The maximum Gasteiger partial charge on any atom is 0.240 e. The van der Waals surface area contributed by atoms with E-state index in [1.807, 2.05) is 20.8 Å². The second kappa shape index (κ2) is 8.94. The molecule has 1 atom stereocenters. The summed E-state index contributed by atoms with van der Waals surface area (Å²) >= 11 is 0. The molecule has 0 aromatic heterocycles. The van der Waals surface area contributed by atoms with E-state index in [1.165, 1.54) is 0 Å². The monoisotopic (exact) mass is 376 g/mol. The van der Waals surface area contributed by atoms with Gasteiger partial charge in [0.05, 0.1) is 11.2 Å². The molecule has 8 heteroatoms.